The van der Waals surface area contributed by atoms with Crippen molar-refractivity contribution in [2.24, 2.45) is 5.73 Å². The van der Waals surface area contributed by atoms with Crippen LogP contribution in [0.15, 0.2) is 42.6 Å². The molecule has 1 unspecified atom stereocenters. The fourth-order valence-corrected chi connectivity index (χ4v) is 5.21. The Morgan fingerprint density at radius 2 is 1.96 bits per heavy atom. The van der Waals surface area contributed by atoms with Crippen molar-refractivity contribution in [2.45, 2.75) is 69.0 Å². The number of aromatic nitrogens is 3. The van der Waals surface area contributed by atoms with Gasteiger partial charge in [0.1, 0.15) is 5.82 Å². The topological polar surface area (TPSA) is 79.6 Å². The Hall–Kier alpha value is -2.24. The molecule has 0 amide bonds. The summed E-state index contributed by atoms with van der Waals surface area (Å²) in [5, 5.41) is 3.69. The molecule has 2 aliphatic rings. The Bertz CT molecular complexity index is 921. The first-order chi connectivity index (χ1) is 13.7. The number of hydrogen-bond acceptors (Lipinski definition) is 4. The van der Waals surface area contributed by atoms with Gasteiger partial charge < -0.3 is 16.0 Å². The van der Waals surface area contributed by atoms with Crippen molar-refractivity contribution in [3.63, 3.8) is 0 Å². The Labute approximate surface area is 166 Å². The molecule has 1 saturated carbocycles. The molecule has 4 N–H and O–H groups in total. The lowest BCUT2D eigenvalue weighted by Crippen LogP contribution is -2.52. The molecular formula is C23H29N5. The molecule has 0 radical (unpaired) electrons. The summed E-state index contributed by atoms with van der Waals surface area (Å²) >= 11 is 0. The van der Waals surface area contributed by atoms with Crippen LogP contribution in [0.2, 0.25) is 0 Å². The molecule has 0 saturated heterocycles. The number of nitrogens with one attached hydrogen (secondary N) is 2. The Morgan fingerprint density at radius 1 is 1.11 bits per heavy atom. The summed E-state index contributed by atoms with van der Waals surface area (Å²) in [5.41, 5.74) is 11.7. The third-order valence-electron chi connectivity index (χ3n) is 6.80. The molecule has 5 heteroatoms. The van der Waals surface area contributed by atoms with E-state index in [1.54, 1.807) is 0 Å². The van der Waals surface area contributed by atoms with Gasteiger partial charge in [-0.25, -0.2) is 4.98 Å². The van der Waals surface area contributed by atoms with Crippen LogP contribution in [0.1, 0.15) is 61.5 Å². The third-order valence-corrected chi connectivity index (χ3v) is 6.80. The predicted octanol–water partition coefficient (Wildman–Crippen LogP) is 3.81. The molecule has 1 aromatic carbocycles. The molecule has 2 aromatic heterocycles. The molecule has 0 spiro atoms. The van der Waals surface area contributed by atoms with Crippen molar-refractivity contribution < 1.29 is 0 Å². The second-order valence-corrected chi connectivity index (χ2v) is 8.58. The number of pyridine rings is 1. The van der Waals surface area contributed by atoms with E-state index in [1.807, 2.05) is 18.3 Å². The quantitative estimate of drug-likeness (QED) is 0.648. The van der Waals surface area contributed by atoms with E-state index in [-0.39, 0.29) is 5.54 Å². The van der Waals surface area contributed by atoms with E-state index in [4.69, 9.17) is 10.7 Å². The van der Waals surface area contributed by atoms with Gasteiger partial charge in [0, 0.05) is 29.4 Å². The molecule has 5 rings (SSSR count). The second-order valence-electron chi connectivity index (χ2n) is 8.58. The standard InChI is InChI=1S/C23H29N5/c24-23(18-7-3-5-16-6-4-14-25-22(16)18)12-10-17(11-13-23)26-15-21-27-19-8-1-2-9-20(19)28-21/h1-2,4,6,8-9,14,17-18,26H,3,5,7,10-13,15,24H2,(H,27,28). The predicted molar refractivity (Wildman–Crippen MR) is 112 cm³/mol. The molecule has 1 atom stereocenters. The zero-order valence-corrected chi connectivity index (χ0v) is 16.3. The van der Waals surface area contributed by atoms with Crippen molar-refractivity contribution in [1.29, 1.82) is 0 Å². The van der Waals surface area contributed by atoms with Gasteiger partial charge in [0.05, 0.1) is 17.6 Å². The smallest absolute Gasteiger partial charge is 0.121 e. The van der Waals surface area contributed by atoms with Crippen LogP contribution in [0.5, 0.6) is 0 Å². The number of imidazole rings is 1. The normalized spacial score (nSPS) is 27.6. The van der Waals surface area contributed by atoms with Crippen molar-refractivity contribution in [3.05, 3.63) is 59.7 Å². The highest BCUT2D eigenvalue weighted by Gasteiger charge is 2.41. The maximum absolute atomic E-state index is 6.98. The summed E-state index contributed by atoms with van der Waals surface area (Å²) in [4.78, 5) is 12.8. The van der Waals surface area contributed by atoms with E-state index < -0.39 is 0 Å². The molecule has 2 heterocycles. The summed E-state index contributed by atoms with van der Waals surface area (Å²) in [6.45, 7) is 0.782. The van der Waals surface area contributed by atoms with Crippen LogP contribution >= 0.6 is 0 Å². The number of aryl methyl sites for hydroxylation is 1. The molecule has 1 fully saturated rings. The highest BCUT2D eigenvalue weighted by molar-refractivity contribution is 5.74. The minimum atomic E-state index is -0.110. The summed E-state index contributed by atoms with van der Waals surface area (Å²) in [6.07, 6.45) is 9.86. The van der Waals surface area contributed by atoms with Crippen LogP contribution in [-0.4, -0.2) is 26.5 Å². The van der Waals surface area contributed by atoms with Gasteiger partial charge in [-0.15, -0.1) is 0 Å². The van der Waals surface area contributed by atoms with Crippen LogP contribution < -0.4 is 11.1 Å². The first kappa shape index (κ1) is 17.8. The van der Waals surface area contributed by atoms with Crippen LogP contribution in [0, 0.1) is 0 Å². The summed E-state index contributed by atoms with van der Waals surface area (Å²) in [6, 6.07) is 13.0. The lowest BCUT2D eigenvalue weighted by atomic mass is 9.66. The molecule has 2 aliphatic carbocycles. The third kappa shape index (κ3) is 3.33. The summed E-state index contributed by atoms with van der Waals surface area (Å²) in [5.74, 6) is 1.42. The lowest BCUT2D eigenvalue weighted by Gasteiger charge is -2.44. The number of fused-ring (bicyclic) bond motifs is 2. The zero-order valence-electron chi connectivity index (χ0n) is 16.3. The number of hydrogen-bond donors (Lipinski definition) is 3. The van der Waals surface area contributed by atoms with Gasteiger partial charge in [-0.2, -0.15) is 0 Å². The number of nitrogens with zero attached hydrogens (tertiary/aromatic N) is 2. The molecular weight excluding hydrogens is 346 g/mol. The van der Waals surface area contributed by atoms with E-state index in [2.05, 4.69) is 39.6 Å². The zero-order chi connectivity index (χ0) is 19.0. The number of H-pyrrole nitrogens is 1. The SMILES string of the molecule is NC1(C2CCCc3cccnc32)CCC(NCc2nc3ccccc3[nH]2)CC1. The average Bonchev–Trinajstić information content (AvgIpc) is 3.16. The van der Waals surface area contributed by atoms with Crippen molar-refractivity contribution in [1.82, 2.24) is 20.3 Å². The number of benzene rings is 1. The average molecular weight is 376 g/mol. The number of rotatable bonds is 4. The highest BCUT2D eigenvalue weighted by Crippen LogP contribution is 2.43. The van der Waals surface area contributed by atoms with Crippen LogP contribution in [-0.2, 0) is 13.0 Å². The number of nitrogens with two attached hydrogens (primary N) is 1. The first-order valence-corrected chi connectivity index (χ1v) is 10.6. The van der Waals surface area contributed by atoms with Gasteiger partial charge in [-0.05, 0) is 68.7 Å². The van der Waals surface area contributed by atoms with E-state index in [9.17, 15) is 0 Å². The van der Waals surface area contributed by atoms with E-state index in [0.29, 0.717) is 12.0 Å². The largest absolute Gasteiger partial charge is 0.341 e. The molecule has 28 heavy (non-hydrogen) atoms. The van der Waals surface area contributed by atoms with Gasteiger partial charge >= 0.3 is 0 Å². The fourth-order valence-electron chi connectivity index (χ4n) is 5.21. The minimum Gasteiger partial charge on any atom is -0.341 e. The molecule has 0 bridgehead atoms. The van der Waals surface area contributed by atoms with Gasteiger partial charge in [0.15, 0.2) is 0 Å². The van der Waals surface area contributed by atoms with Gasteiger partial charge in [-0.3, -0.25) is 4.98 Å². The molecule has 146 valence electrons. The second kappa shape index (κ2) is 7.30. The van der Waals surface area contributed by atoms with E-state index in [0.717, 1.165) is 55.5 Å². The molecule has 0 aliphatic heterocycles. The Kier molecular flexibility index (Phi) is 4.65. The molecule has 3 aromatic rings. The lowest BCUT2D eigenvalue weighted by molar-refractivity contribution is 0.197. The highest BCUT2D eigenvalue weighted by atomic mass is 15.0. The van der Waals surface area contributed by atoms with Gasteiger partial charge in [-0.1, -0.05) is 18.2 Å². The number of aromatic amines is 1. The van der Waals surface area contributed by atoms with Gasteiger partial charge in [0.2, 0.25) is 0 Å². The first-order valence-electron chi connectivity index (χ1n) is 10.6. The fraction of sp³-hybridized carbons (Fsp3) is 0.478. The van der Waals surface area contributed by atoms with Crippen molar-refractivity contribution >= 4 is 11.0 Å². The maximum atomic E-state index is 6.98. The minimum absolute atomic E-state index is 0.110. The number of para-hydroxylation sites is 2. The summed E-state index contributed by atoms with van der Waals surface area (Å²) in [7, 11) is 0. The monoisotopic (exact) mass is 375 g/mol. The van der Waals surface area contributed by atoms with Crippen LogP contribution in [0.4, 0.5) is 0 Å². The summed E-state index contributed by atoms with van der Waals surface area (Å²) < 4.78 is 0. The van der Waals surface area contributed by atoms with Crippen LogP contribution in [0.25, 0.3) is 11.0 Å². The van der Waals surface area contributed by atoms with Crippen molar-refractivity contribution in [2.75, 3.05) is 0 Å². The van der Waals surface area contributed by atoms with Gasteiger partial charge in [0.25, 0.3) is 0 Å². The van der Waals surface area contributed by atoms with E-state index >= 15 is 0 Å². The van der Waals surface area contributed by atoms with Crippen LogP contribution in [0.3, 0.4) is 0 Å². The Morgan fingerprint density at radius 3 is 2.82 bits per heavy atom. The maximum Gasteiger partial charge on any atom is 0.121 e. The molecule has 5 nitrogen and oxygen atoms in total. The van der Waals surface area contributed by atoms with Crippen molar-refractivity contribution in [3.8, 4) is 0 Å². The van der Waals surface area contributed by atoms with E-state index in [1.165, 1.54) is 24.1 Å². The Balaban J connectivity index is 1.21.